The number of hydrogen-bond acceptors (Lipinski definition) is 4. The van der Waals surface area contributed by atoms with Gasteiger partial charge in [0.05, 0.1) is 12.3 Å². The summed E-state index contributed by atoms with van der Waals surface area (Å²) >= 11 is 0. The highest BCUT2D eigenvalue weighted by atomic mass is 16.4. The molecular weight excluding hydrogens is 160 g/mol. The molecule has 0 aromatic heterocycles. The van der Waals surface area contributed by atoms with Gasteiger partial charge in [0.1, 0.15) is 0 Å². The van der Waals surface area contributed by atoms with Crippen LogP contribution in [0.1, 0.15) is 19.8 Å². The Kier molecular flexibility index (Phi) is 4.80. The van der Waals surface area contributed by atoms with Crippen molar-refractivity contribution in [2.45, 2.75) is 25.4 Å². The van der Waals surface area contributed by atoms with Crippen molar-refractivity contribution in [3.63, 3.8) is 0 Å². The van der Waals surface area contributed by atoms with Gasteiger partial charge in [-0.15, -0.1) is 0 Å². The van der Waals surface area contributed by atoms with Crippen molar-refractivity contribution in [3.8, 4) is 0 Å². The maximum atomic E-state index is 10.1. The van der Waals surface area contributed by atoms with Crippen molar-refractivity contribution >= 4 is 5.97 Å². The number of rotatable bonds is 6. The van der Waals surface area contributed by atoms with Crippen molar-refractivity contribution in [1.82, 2.24) is 5.32 Å². The maximum Gasteiger partial charge on any atom is 0.303 e. The first kappa shape index (κ1) is 11.4. The van der Waals surface area contributed by atoms with Crippen LogP contribution in [0.2, 0.25) is 0 Å². The van der Waals surface area contributed by atoms with Crippen LogP contribution in [-0.2, 0) is 4.79 Å². The van der Waals surface area contributed by atoms with Crippen LogP contribution in [0.25, 0.3) is 0 Å². The summed E-state index contributed by atoms with van der Waals surface area (Å²) in [4.78, 5) is 10.1. The minimum absolute atomic E-state index is 0.120. The first-order valence-corrected chi connectivity index (χ1v) is 3.84. The SMILES string of the molecule is C[C@](N)(CO)NCCCC(=O)O. The fourth-order valence-electron chi connectivity index (χ4n) is 0.669. The number of aliphatic carboxylic acids is 1. The van der Waals surface area contributed by atoms with Crippen molar-refractivity contribution in [2.75, 3.05) is 13.2 Å². The van der Waals surface area contributed by atoms with E-state index in [1.165, 1.54) is 0 Å². The number of aliphatic hydroxyl groups excluding tert-OH is 1. The van der Waals surface area contributed by atoms with E-state index < -0.39 is 11.6 Å². The van der Waals surface area contributed by atoms with Crippen molar-refractivity contribution in [3.05, 3.63) is 0 Å². The smallest absolute Gasteiger partial charge is 0.303 e. The average Bonchev–Trinajstić information content (AvgIpc) is 1.98. The van der Waals surface area contributed by atoms with Crippen LogP contribution in [0, 0.1) is 0 Å². The molecular formula is C7H16N2O3. The zero-order valence-corrected chi connectivity index (χ0v) is 7.21. The zero-order valence-electron chi connectivity index (χ0n) is 7.21. The third-order valence-corrected chi connectivity index (χ3v) is 1.42. The maximum absolute atomic E-state index is 10.1. The normalized spacial score (nSPS) is 15.6. The quantitative estimate of drug-likeness (QED) is 0.311. The van der Waals surface area contributed by atoms with Gasteiger partial charge in [0.2, 0.25) is 0 Å². The molecule has 5 nitrogen and oxygen atoms in total. The molecule has 0 heterocycles. The lowest BCUT2D eigenvalue weighted by Gasteiger charge is -2.23. The lowest BCUT2D eigenvalue weighted by atomic mass is 10.2. The van der Waals surface area contributed by atoms with Gasteiger partial charge in [-0.2, -0.15) is 0 Å². The van der Waals surface area contributed by atoms with Crippen LogP contribution in [0.5, 0.6) is 0 Å². The fraction of sp³-hybridized carbons (Fsp3) is 0.857. The Labute approximate surface area is 71.6 Å². The Bertz CT molecular complexity index is 148. The van der Waals surface area contributed by atoms with Gasteiger partial charge in [0, 0.05) is 6.42 Å². The molecule has 0 amide bonds. The van der Waals surface area contributed by atoms with E-state index in [-0.39, 0.29) is 13.0 Å². The predicted octanol–water partition coefficient (Wildman–Crippen LogP) is -0.892. The highest BCUT2D eigenvalue weighted by Gasteiger charge is 2.14. The minimum Gasteiger partial charge on any atom is -0.481 e. The lowest BCUT2D eigenvalue weighted by molar-refractivity contribution is -0.137. The molecule has 0 bridgehead atoms. The van der Waals surface area contributed by atoms with Crippen LogP contribution in [0.15, 0.2) is 0 Å². The standard InChI is InChI=1S/C7H16N2O3/c1-7(8,5-10)9-4-2-3-6(11)12/h9-10H,2-5,8H2,1H3,(H,11,12)/t7-/m1/s1. The first-order valence-electron chi connectivity index (χ1n) is 3.84. The molecule has 0 aliphatic carbocycles. The van der Waals surface area contributed by atoms with Crippen molar-refractivity contribution < 1.29 is 15.0 Å². The summed E-state index contributed by atoms with van der Waals surface area (Å²) in [6, 6.07) is 0. The lowest BCUT2D eigenvalue weighted by Crippen LogP contribution is -2.54. The Hall–Kier alpha value is -0.650. The molecule has 0 fully saturated rings. The molecule has 0 aliphatic rings. The Balaban J connectivity index is 3.37. The summed E-state index contributed by atoms with van der Waals surface area (Å²) in [5.74, 6) is -0.820. The van der Waals surface area contributed by atoms with Gasteiger partial charge in [-0.05, 0) is 19.9 Å². The van der Waals surface area contributed by atoms with Crippen LogP contribution in [0.4, 0.5) is 0 Å². The first-order chi connectivity index (χ1) is 5.48. The molecule has 12 heavy (non-hydrogen) atoms. The largest absolute Gasteiger partial charge is 0.481 e. The van der Waals surface area contributed by atoms with Crippen LogP contribution >= 0.6 is 0 Å². The monoisotopic (exact) mass is 176 g/mol. The van der Waals surface area contributed by atoms with Gasteiger partial charge in [-0.25, -0.2) is 0 Å². The van der Waals surface area contributed by atoms with Gasteiger partial charge in [0.15, 0.2) is 0 Å². The summed E-state index contributed by atoms with van der Waals surface area (Å²) in [7, 11) is 0. The number of carboxylic acid groups (broad SMARTS) is 1. The van der Waals surface area contributed by atoms with Crippen LogP contribution in [-0.4, -0.2) is 35.0 Å². The van der Waals surface area contributed by atoms with Gasteiger partial charge in [-0.1, -0.05) is 0 Å². The Morgan fingerprint density at radius 2 is 2.25 bits per heavy atom. The third-order valence-electron chi connectivity index (χ3n) is 1.42. The fourth-order valence-corrected chi connectivity index (χ4v) is 0.669. The van der Waals surface area contributed by atoms with Crippen molar-refractivity contribution in [2.24, 2.45) is 5.73 Å². The average molecular weight is 176 g/mol. The van der Waals surface area contributed by atoms with E-state index in [2.05, 4.69) is 5.32 Å². The second kappa shape index (κ2) is 5.08. The number of nitrogens with two attached hydrogens (primary N) is 1. The van der Waals surface area contributed by atoms with E-state index in [0.29, 0.717) is 13.0 Å². The van der Waals surface area contributed by atoms with Crippen molar-refractivity contribution in [1.29, 1.82) is 0 Å². The molecule has 5 heteroatoms. The van der Waals surface area contributed by atoms with E-state index in [1.54, 1.807) is 6.92 Å². The summed E-state index contributed by atoms with van der Waals surface area (Å²) in [6.07, 6.45) is 0.636. The number of carbonyl (C=O) groups is 1. The predicted molar refractivity (Wildman–Crippen MR) is 44.6 cm³/mol. The number of hydrogen-bond donors (Lipinski definition) is 4. The second-order valence-corrected chi connectivity index (χ2v) is 3.00. The van der Waals surface area contributed by atoms with E-state index in [4.69, 9.17) is 15.9 Å². The number of aliphatic hydroxyl groups is 1. The summed E-state index contributed by atoms with van der Waals surface area (Å²) in [6.45, 7) is 1.98. The summed E-state index contributed by atoms with van der Waals surface area (Å²) in [5, 5.41) is 19.8. The molecule has 0 aromatic carbocycles. The molecule has 1 atom stereocenters. The second-order valence-electron chi connectivity index (χ2n) is 3.00. The molecule has 0 unspecified atom stereocenters. The van der Waals surface area contributed by atoms with Gasteiger partial charge in [0.25, 0.3) is 0 Å². The molecule has 0 radical (unpaired) electrons. The van der Waals surface area contributed by atoms with E-state index in [9.17, 15) is 4.79 Å². The summed E-state index contributed by atoms with van der Waals surface area (Å²) in [5.41, 5.74) is 4.72. The highest BCUT2D eigenvalue weighted by Crippen LogP contribution is 1.93. The number of nitrogens with one attached hydrogen (secondary N) is 1. The number of carboxylic acids is 1. The van der Waals surface area contributed by atoms with E-state index in [0.717, 1.165) is 0 Å². The molecule has 0 saturated heterocycles. The van der Waals surface area contributed by atoms with E-state index in [1.807, 2.05) is 0 Å². The summed E-state index contributed by atoms with van der Waals surface area (Å²) < 4.78 is 0. The Morgan fingerprint density at radius 1 is 1.67 bits per heavy atom. The highest BCUT2D eigenvalue weighted by molar-refractivity contribution is 5.66. The zero-order chi connectivity index (χ0) is 9.61. The van der Waals surface area contributed by atoms with Gasteiger partial charge in [-0.3, -0.25) is 10.1 Å². The van der Waals surface area contributed by atoms with Gasteiger partial charge >= 0.3 is 5.97 Å². The van der Waals surface area contributed by atoms with Crippen LogP contribution < -0.4 is 11.1 Å². The molecule has 0 aliphatic heterocycles. The third kappa shape index (κ3) is 6.09. The minimum atomic E-state index is -0.820. The molecule has 5 N–H and O–H groups in total. The van der Waals surface area contributed by atoms with Gasteiger partial charge < -0.3 is 15.9 Å². The molecule has 0 saturated carbocycles. The molecule has 0 spiro atoms. The van der Waals surface area contributed by atoms with E-state index >= 15 is 0 Å². The van der Waals surface area contributed by atoms with Crippen LogP contribution in [0.3, 0.4) is 0 Å². The molecule has 0 aromatic rings. The molecule has 0 rings (SSSR count). The molecule has 72 valence electrons. The topological polar surface area (TPSA) is 95.6 Å². The Morgan fingerprint density at radius 3 is 2.67 bits per heavy atom.